The first-order chi connectivity index (χ1) is 8.29. The fourth-order valence-electron chi connectivity index (χ4n) is 3.83. The zero-order valence-corrected chi connectivity index (χ0v) is 11.1. The number of hydrogen-bond acceptors (Lipinski definition) is 2. The van der Waals surface area contributed by atoms with Crippen molar-refractivity contribution in [3.8, 4) is 0 Å². The fourth-order valence-corrected chi connectivity index (χ4v) is 3.83. The second kappa shape index (κ2) is 6.42. The van der Waals surface area contributed by atoms with Crippen molar-refractivity contribution in [1.29, 1.82) is 0 Å². The molecule has 2 aliphatic carbocycles. The lowest BCUT2D eigenvalue weighted by molar-refractivity contribution is -0.144. The maximum Gasteiger partial charge on any atom is 0.306 e. The number of carbonyl (C=O) groups excluding carboxylic acids is 1. The molecule has 17 heavy (non-hydrogen) atoms. The Labute approximate surface area is 105 Å². The third-order valence-corrected chi connectivity index (χ3v) is 4.65. The first-order valence-corrected chi connectivity index (χ1v) is 7.45. The van der Waals surface area contributed by atoms with E-state index in [1.807, 2.05) is 6.92 Å². The predicted molar refractivity (Wildman–Crippen MR) is 68.7 cm³/mol. The smallest absolute Gasteiger partial charge is 0.306 e. The molecule has 2 fully saturated rings. The van der Waals surface area contributed by atoms with E-state index in [9.17, 15) is 4.79 Å². The fraction of sp³-hybridized carbons (Fsp3) is 0.933. The third kappa shape index (κ3) is 3.72. The van der Waals surface area contributed by atoms with E-state index in [1.165, 1.54) is 51.4 Å². The number of ether oxygens (including phenoxy) is 1. The van der Waals surface area contributed by atoms with Gasteiger partial charge in [-0.1, -0.05) is 38.5 Å². The summed E-state index contributed by atoms with van der Waals surface area (Å²) in [6.07, 6.45) is 11.7. The van der Waals surface area contributed by atoms with E-state index in [0.29, 0.717) is 18.9 Å². The summed E-state index contributed by atoms with van der Waals surface area (Å²) in [5.41, 5.74) is 0. The largest absolute Gasteiger partial charge is 0.466 e. The molecule has 0 radical (unpaired) electrons. The van der Waals surface area contributed by atoms with Crippen molar-refractivity contribution < 1.29 is 9.53 Å². The van der Waals surface area contributed by atoms with Crippen molar-refractivity contribution in [3.63, 3.8) is 0 Å². The molecular formula is C15H26O2. The summed E-state index contributed by atoms with van der Waals surface area (Å²) >= 11 is 0. The quantitative estimate of drug-likeness (QED) is 0.693. The Hall–Kier alpha value is -0.530. The first kappa shape index (κ1) is 12.9. The maximum atomic E-state index is 11.5. The van der Waals surface area contributed by atoms with Gasteiger partial charge in [-0.05, 0) is 37.5 Å². The van der Waals surface area contributed by atoms with Crippen LogP contribution in [0.4, 0.5) is 0 Å². The van der Waals surface area contributed by atoms with Crippen LogP contribution in [0, 0.1) is 17.8 Å². The van der Waals surface area contributed by atoms with E-state index in [1.54, 1.807) is 0 Å². The highest BCUT2D eigenvalue weighted by Gasteiger charge is 2.31. The number of hydrogen-bond donors (Lipinski definition) is 0. The number of esters is 1. The van der Waals surface area contributed by atoms with E-state index < -0.39 is 0 Å². The predicted octanol–water partition coefficient (Wildman–Crippen LogP) is 3.94. The van der Waals surface area contributed by atoms with Crippen LogP contribution in [0.3, 0.4) is 0 Å². The van der Waals surface area contributed by atoms with Gasteiger partial charge < -0.3 is 4.74 Å². The molecule has 0 heterocycles. The third-order valence-electron chi connectivity index (χ3n) is 4.65. The first-order valence-electron chi connectivity index (χ1n) is 7.45. The monoisotopic (exact) mass is 238 g/mol. The van der Waals surface area contributed by atoms with Gasteiger partial charge >= 0.3 is 5.97 Å². The van der Waals surface area contributed by atoms with Crippen LogP contribution in [0.1, 0.15) is 64.7 Å². The van der Waals surface area contributed by atoms with Gasteiger partial charge in [0.05, 0.1) is 6.61 Å². The molecule has 0 N–H and O–H groups in total. The Morgan fingerprint density at radius 2 is 1.76 bits per heavy atom. The molecule has 2 aliphatic rings. The van der Waals surface area contributed by atoms with Crippen LogP contribution in [0.25, 0.3) is 0 Å². The molecule has 2 saturated carbocycles. The van der Waals surface area contributed by atoms with Crippen LogP contribution in [0.5, 0.6) is 0 Å². The van der Waals surface area contributed by atoms with Crippen LogP contribution in [0.15, 0.2) is 0 Å². The second-order valence-corrected chi connectivity index (χ2v) is 5.85. The summed E-state index contributed by atoms with van der Waals surface area (Å²) in [5, 5.41) is 0. The highest BCUT2D eigenvalue weighted by molar-refractivity contribution is 5.69. The zero-order chi connectivity index (χ0) is 12.1. The Morgan fingerprint density at radius 3 is 2.47 bits per heavy atom. The van der Waals surface area contributed by atoms with Gasteiger partial charge in [-0.3, -0.25) is 4.79 Å². The lowest BCUT2D eigenvalue weighted by Crippen LogP contribution is -2.23. The average Bonchev–Trinajstić information content (AvgIpc) is 2.83. The maximum absolute atomic E-state index is 11.5. The lowest BCUT2D eigenvalue weighted by Gasteiger charge is -2.32. The second-order valence-electron chi connectivity index (χ2n) is 5.85. The van der Waals surface area contributed by atoms with Crippen molar-refractivity contribution in [3.05, 3.63) is 0 Å². The Morgan fingerprint density at radius 1 is 1.06 bits per heavy atom. The molecule has 2 atom stereocenters. The van der Waals surface area contributed by atoms with Gasteiger partial charge in [0.1, 0.15) is 0 Å². The van der Waals surface area contributed by atoms with Gasteiger partial charge in [0.25, 0.3) is 0 Å². The van der Waals surface area contributed by atoms with Crippen LogP contribution >= 0.6 is 0 Å². The summed E-state index contributed by atoms with van der Waals surface area (Å²) in [5.74, 6) is 2.50. The minimum absolute atomic E-state index is 0.0181. The molecule has 0 saturated heterocycles. The van der Waals surface area contributed by atoms with Gasteiger partial charge in [-0.15, -0.1) is 0 Å². The molecule has 0 aromatic carbocycles. The summed E-state index contributed by atoms with van der Waals surface area (Å²) in [6.45, 7) is 2.41. The minimum atomic E-state index is 0.0181. The Balaban J connectivity index is 1.77. The van der Waals surface area contributed by atoms with Crippen molar-refractivity contribution >= 4 is 5.97 Å². The van der Waals surface area contributed by atoms with Gasteiger partial charge in [-0.2, -0.15) is 0 Å². The molecule has 0 aromatic heterocycles. The molecule has 98 valence electrons. The number of rotatable bonds is 4. The normalized spacial score (nSPS) is 30.4. The molecule has 0 amide bonds. The van der Waals surface area contributed by atoms with E-state index in [-0.39, 0.29) is 5.97 Å². The molecule has 2 rings (SSSR count). The van der Waals surface area contributed by atoms with Gasteiger partial charge in [-0.25, -0.2) is 0 Å². The Kier molecular flexibility index (Phi) is 4.87. The van der Waals surface area contributed by atoms with Crippen molar-refractivity contribution in [2.45, 2.75) is 64.7 Å². The highest BCUT2D eigenvalue weighted by atomic mass is 16.5. The summed E-state index contributed by atoms with van der Waals surface area (Å²) in [6, 6.07) is 0. The number of carbonyl (C=O) groups is 1. The molecule has 0 bridgehead atoms. The van der Waals surface area contributed by atoms with Gasteiger partial charge in [0.15, 0.2) is 0 Å². The van der Waals surface area contributed by atoms with Gasteiger partial charge in [0.2, 0.25) is 0 Å². The molecule has 2 unspecified atom stereocenters. The SMILES string of the molecule is CCOC(=O)CC1CCCC(C2CCCC2)C1. The lowest BCUT2D eigenvalue weighted by atomic mass is 9.73. The van der Waals surface area contributed by atoms with E-state index in [2.05, 4.69) is 0 Å². The van der Waals surface area contributed by atoms with Crippen LogP contribution < -0.4 is 0 Å². The highest BCUT2D eigenvalue weighted by Crippen LogP contribution is 2.41. The standard InChI is InChI=1S/C15H26O2/c1-2-17-15(16)11-12-6-5-9-14(10-12)13-7-3-4-8-13/h12-14H,2-11H2,1H3. The average molecular weight is 238 g/mol. The van der Waals surface area contributed by atoms with Crippen molar-refractivity contribution in [2.24, 2.45) is 17.8 Å². The van der Waals surface area contributed by atoms with E-state index in [4.69, 9.17) is 4.74 Å². The van der Waals surface area contributed by atoms with Crippen molar-refractivity contribution in [2.75, 3.05) is 6.61 Å². The van der Waals surface area contributed by atoms with Crippen LogP contribution in [-0.4, -0.2) is 12.6 Å². The molecule has 2 heteroatoms. The molecule has 2 nitrogen and oxygen atoms in total. The minimum Gasteiger partial charge on any atom is -0.466 e. The zero-order valence-electron chi connectivity index (χ0n) is 11.1. The molecule has 0 aliphatic heterocycles. The van der Waals surface area contributed by atoms with Gasteiger partial charge in [0, 0.05) is 6.42 Å². The molecular weight excluding hydrogens is 212 g/mol. The molecule has 0 aromatic rings. The van der Waals surface area contributed by atoms with Crippen molar-refractivity contribution in [1.82, 2.24) is 0 Å². The summed E-state index contributed by atoms with van der Waals surface area (Å²) in [4.78, 5) is 11.5. The molecule has 0 spiro atoms. The summed E-state index contributed by atoms with van der Waals surface area (Å²) < 4.78 is 5.07. The van der Waals surface area contributed by atoms with E-state index >= 15 is 0 Å². The van der Waals surface area contributed by atoms with Crippen LogP contribution in [0.2, 0.25) is 0 Å². The topological polar surface area (TPSA) is 26.3 Å². The van der Waals surface area contributed by atoms with E-state index in [0.717, 1.165) is 11.8 Å². The van der Waals surface area contributed by atoms with Crippen LogP contribution in [-0.2, 0) is 9.53 Å². The summed E-state index contributed by atoms with van der Waals surface area (Å²) in [7, 11) is 0. The Bertz CT molecular complexity index is 243.